The van der Waals surface area contributed by atoms with Crippen molar-refractivity contribution in [3.63, 3.8) is 0 Å². The lowest BCUT2D eigenvalue weighted by Gasteiger charge is -2.38. The average Bonchev–Trinajstić information content (AvgIpc) is 3.05. The molecule has 0 unspecified atom stereocenters. The lowest BCUT2D eigenvalue weighted by Crippen LogP contribution is -2.51. The molecule has 2 amide bonds. The average molecular weight is 592 g/mol. The van der Waals surface area contributed by atoms with Crippen LogP contribution >= 0.6 is 0 Å². The standard InChI is InChI=1S/C36H41N5O3/c1-26(28-20-22-31(44-2)23-21-28)41(35(43)33(29-15-8-4-9-16-29)30-17-10-5-11-18-30)32(34(37)42)19-12-24-40(36(38)39)25-27-13-6-3-7-14-27/h3-11,13-18,20-23,26,32-33H,12,19,24-25H2,1-2H3,(H2,37,42)(H3,38,39)/t26-,32-/m1/s1. The first-order valence-electron chi connectivity index (χ1n) is 14.8. The number of ether oxygens (including phenoxy) is 1. The van der Waals surface area contributed by atoms with Crippen molar-refractivity contribution in [3.8, 4) is 5.75 Å². The van der Waals surface area contributed by atoms with Crippen LogP contribution in [0.5, 0.6) is 5.75 Å². The molecule has 5 N–H and O–H groups in total. The Morgan fingerprint density at radius 2 is 1.30 bits per heavy atom. The molecule has 0 aliphatic rings. The monoisotopic (exact) mass is 591 g/mol. The number of nitrogens with two attached hydrogens (primary N) is 2. The number of guanidine groups is 1. The Hall–Kier alpha value is -5.11. The molecule has 0 saturated carbocycles. The van der Waals surface area contributed by atoms with Gasteiger partial charge in [-0.2, -0.15) is 0 Å². The van der Waals surface area contributed by atoms with E-state index in [4.69, 9.17) is 21.6 Å². The van der Waals surface area contributed by atoms with Crippen LogP contribution in [0.2, 0.25) is 0 Å². The summed E-state index contributed by atoms with van der Waals surface area (Å²) in [7, 11) is 1.60. The second-order valence-electron chi connectivity index (χ2n) is 10.8. The number of primary amides is 1. The smallest absolute Gasteiger partial charge is 0.240 e. The Labute approximate surface area is 259 Å². The molecule has 8 heteroatoms. The van der Waals surface area contributed by atoms with Crippen molar-refractivity contribution < 1.29 is 14.3 Å². The van der Waals surface area contributed by atoms with E-state index >= 15 is 0 Å². The molecular formula is C36H41N5O3. The van der Waals surface area contributed by atoms with E-state index in [0.717, 1.165) is 22.3 Å². The van der Waals surface area contributed by atoms with E-state index in [9.17, 15) is 9.59 Å². The zero-order chi connectivity index (χ0) is 31.5. The normalized spacial score (nSPS) is 12.2. The number of benzene rings is 4. The molecule has 0 aliphatic carbocycles. The van der Waals surface area contributed by atoms with Gasteiger partial charge < -0.3 is 26.0 Å². The number of hydrogen-bond acceptors (Lipinski definition) is 4. The van der Waals surface area contributed by atoms with Gasteiger partial charge in [0, 0.05) is 13.1 Å². The fourth-order valence-electron chi connectivity index (χ4n) is 5.56. The zero-order valence-corrected chi connectivity index (χ0v) is 25.3. The van der Waals surface area contributed by atoms with Crippen LogP contribution < -0.4 is 16.2 Å². The van der Waals surface area contributed by atoms with Crippen LogP contribution in [-0.4, -0.2) is 47.3 Å². The molecule has 0 saturated heterocycles. The molecule has 0 fully saturated rings. The van der Waals surface area contributed by atoms with Crippen LogP contribution in [0.15, 0.2) is 115 Å². The van der Waals surface area contributed by atoms with E-state index in [2.05, 4.69) is 0 Å². The van der Waals surface area contributed by atoms with E-state index in [1.807, 2.05) is 122 Å². The largest absolute Gasteiger partial charge is 0.497 e. The lowest BCUT2D eigenvalue weighted by atomic mass is 9.88. The van der Waals surface area contributed by atoms with Crippen molar-refractivity contribution in [3.05, 3.63) is 138 Å². The molecule has 8 nitrogen and oxygen atoms in total. The van der Waals surface area contributed by atoms with E-state index in [1.165, 1.54) is 0 Å². The summed E-state index contributed by atoms with van der Waals surface area (Å²) >= 11 is 0. The summed E-state index contributed by atoms with van der Waals surface area (Å²) in [6.07, 6.45) is 0.789. The number of amides is 2. The van der Waals surface area contributed by atoms with Crippen LogP contribution in [-0.2, 0) is 16.1 Å². The number of rotatable bonds is 14. The highest BCUT2D eigenvalue weighted by Crippen LogP contribution is 2.34. The summed E-state index contributed by atoms with van der Waals surface area (Å²) in [6, 6.07) is 35.1. The highest BCUT2D eigenvalue weighted by molar-refractivity contribution is 5.92. The summed E-state index contributed by atoms with van der Waals surface area (Å²) in [4.78, 5) is 31.4. The van der Waals surface area contributed by atoms with Crippen molar-refractivity contribution >= 4 is 17.8 Å². The van der Waals surface area contributed by atoms with Gasteiger partial charge >= 0.3 is 0 Å². The molecule has 0 aliphatic heterocycles. The van der Waals surface area contributed by atoms with Crippen molar-refractivity contribution in [1.82, 2.24) is 9.80 Å². The molecule has 0 bridgehead atoms. The maximum Gasteiger partial charge on any atom is 0.240 e. The minimum atomic E-state index is -0.903. The second kappa shape index (κ2) is 15.4. The van der Waals surface area contributed by atoms with Crippen LogP contribution in [0.3, 0.4) is 0 Å². The number of nitrogens with one attached hydrogen (secondary N) is 1. The van der Waals surface area contributed by atoms with E-state index in [1.54, 1.807) is 16.9 Å². The fourth-order valence-corrected chi connectivity index (χ4v) is 5.56. The van der Waals surface area contributed by atoms with E-state index < -0.39 is 23.9 Å². The summed E-state index contributed by atoms with van der Waals surface area (Å²) in [5, 5.41) is 8.12. The maximum atomic E-state index is 14.8. The first-order valence-corrected chi connectivity index (χ1v) is 14.8. The third kappa shape index (κ3) is 8.04. The third-order valence-electron chi connectivity index (χ3n) is 7.91. The van der Waals surface area contributed by atoms with Gasteiger partial charge in [0.1, 0.15) is 11.8 Å². The molecule has 0 radical (unpaired) electrons. The van der Waals surface area contributed by atoms with E-state index in [-0.39, 0.29) is 11.9 Å². The summed E-state index contributed by atoms with van der Waals surface area (Å²) in [5.41, 5.74) is 15.5. The minimum absolute atomic E-state index is 0.0581. The molecule has 44 heavy (non-hydrogen) atoms. The predicted molar refractivity (Wildman–Crippen MR) is 174 cm³/mol. The van der Waals surface area contributed by atoms with Crippen molar-refractivity contribution in [2.45, 2.75) is 44.3 Å². The van der Waals surface area contributed by atoms with Crippen LogP contribution in [0.25, 0.3) is 0 Å². The van der Waals surface area contributed by atoms with Crippen LogP contribution in [0.1, 0.15) is 54.0 Å². The number of carbonyl (C=O) groups excluding carboxylic acids is 2. The van der Waals surface area contributed by atoms with Gasteiger partial charge in [-0.05, 0) is 54.2 Å². The SMILES string of the molecule is COc1ccc([C@@H](C)N(C(=O)C(c2ccccc2)c2ccccc2)[C@H](CCCN(Cc2ccccc2)C(=N)N)C(N)=O)cc1. The summed E-state index contributed by atoms with van der Waals surface area (Å²) < 4.78 is 5.35. The molecule has 4 rings (SSSR count). The zero-order valence-electron chi connectivity index (χ0n) is 25.3. The van der Waals surface area contributed by atoms with Crippen LogP contribution in [0, 0.1) is 5.41 Å². The van der Waals surface area contributed by atoms with Gasteiger partial charge in [-0.3, -0.25) is 15.0 Å². The number of nitrogens with zero attached hydrogens (tertiary/aromatic N) is 2. The Morgan fingerprint density at radius 1 is 0.773 bits per heavy atom. The quantitative estimate of drug-likeness (QED) is 0.133. The number of methoxy groups -OCH3 is 1. The van der Waals surface area contributed by atoms with Gasteiger partial charge in [0.15, 0.2) is 5.96 Å². The third-order valence-corrected chi connectivity index (χ3v) is 7.91. The van der Waals surface area contributed by atoms with Gasteiger partial charge in [0.25, 0.3) is 0 Å². The van der Waals surface area contributed by atoms with Gasteiger partial charge in [-0.15, -0.1) is 0 Å². The summed E-state index contributed by atoms with van der Waals surface area (Å²) in [6.45, 7) is 2.81. The molecular weight excluding hydrogens is 550 g/mol. The minimum Gasteiger partial charge on any atom is -0.497 e. The maximum absolute atomic E-state index is 14.8. The van der Waals surface area contributed by atoms with Crippen molar-refractivity contribution in [2.24, 2.45) is 11.5 Å². The van der Waals surface area contributed by atoms with Crippen LogP contribution in [0.4, 0.5) is 0 Å². The molecule has 4 aromatic rings. The lowest BCUT2D eigenvalue weighted by molar-refractivity contribution is -0.143. The Morgan fingerprint density at radius 3 is 1.77 bits per heavy atom. The Bertz CT molecular complexity index is 1460. The van der Waals surface area contributed by atoms with Crippen molar-refractivity contribution in [2.75, 3.05) is 13.7 Å². The molecule has 228 valence electrons. The highest BCUT2D eigenvalue weighted by atomic mass is 16.5. The van der Waals surface area contributed by atoms with Gasteiger partial charge in [-0.25, -0.2) is 0 Å². The predicted octanol–water partition coefficient (Wildman–Crippen LogP) is 5.45. The number of carbonyl (C=O) groups is 2. The fraction of sp³-hybridized carbons (Fsp3) is 0.250. The molecule has 0 heterocycles. The number of hydrogen-bond donors (Lipinski definition) is 3. The molecule has 0 spiro atoms. The molecule has 4 aromatic carbocycles. The molecule has 2 atom stereocenters. The Balaban J connectivity index is 1.68. The van der Waals surface area contributed by atoms with Gasteiger partial charge in [0.05, 0.1) is 19.1 Å². The van der Waals surface area contributed by atoms with E-state index in [0.29, 0.717) is 31.7 Å². The van der Waals surface area contributed by atoms with Crippen molar-refractivity contribution in [1.29, 1.82) is 5.41 Å². The highest BCUT2D eigenvalue weighted by Gasteiger charge is 2.37. The summed E-state index contributed by atoms with van der Waals surface area (Å²) in [5.74, 6) is -0.818. The Kier molecular flexibility index (Phi) is 11.1. The topological polar surface area (TPSA) is 126 Å². The first kappa shape index (κ1) is 31.8. The molecule has 0 aromatic heterocycles. The first-order chi connectivity index (χ1) is 21.3. The second-order valence-corrected chi connectivity index (χ2v) is 10.8. The van der Waals surface area contributed by atoms with Gasteiger partial charge in [-0.1, -0.05) is 103 Å². The van der Waals surface area contributed by atoms with Gasteiger partial charge in [0.2, 0.25) is 11.8 Å².